The van der Waals surface area contributed by atoms with E-state index in [0.717, 1.165) is 16.8 Å². The largest absolute Gasteiger partial charge is 0.461 e. The minimum absolute atomic E-state index is 0. The number of anilines is 1. The van der Waals surface area contributed by atoms with E-state index >= 15 is 0 Å². The second-order valence-electron chi connectivity index (χ2n) is 6.02. The molecule has 0 aliphatic heterocycles. The summed E-state index contributed by atoms with van der Waals surface area (Å²) in [7, 11) is 0. The zero-order valence-electron chi connectivity index (χ0n) is 16.1. The van der Waals surface area contributed by atoms with E-state index in [1.165, 1.54) is 0 Å². The number of rotatable bonds is 7. The van der Waals surface area contributed by atoms with Crippen molar-refractivity contribution in [3.63, 3.8) is 0 Å². The van der Waals surface area contributed by atoms with Gasteiger partial charge >= 0.3 is 5.97 Å². The molecule has 0 fully saturated rings. The Morgan fingerprint density at radius 2 is 1.85 bits per heavy atom. The smallest absolute Gasteiger partial charge is 0.355 e. The van der Waals surface area contributed by atoms with Gasteiger partial charge in [0.2, 0.25) is 0 Å². The zero-order chi connectivity index (χ0) is 19.1. The first-order chi connectivity index (χ1) is 12.4. The van der Waals surface area contributed by atoms with Crippen molar-refractivity contribution < 1.29 is 47.0 Å². The van der Waals surface area contributed by atoms with Crippen LogP contribution >= 0.6 is 0 Å². The Bertz CT molecular complexity index is 819. The summed E-state index contributed by atoms with van der Waals surface area (Å²) in [6.07, 6.45) is 0. The summed E-state index contributed by atoms with van der Waals surface area (Å²) in [5.74, 6) is -1.55. The molecule has 5 nitrogen and oxygen atoms in total. The van der Waals surface area contributed by atoms with Crippen molar-refractivity contribution in [1.82, 2.24) is 0 Å². The fourth-order valence-corrected chi connectivity index (χ4v) is 2.51. The Balaban J connectivity index is 0.00000364. The summed E-state index contributed by atoms with van der Waals surface area (Å²) in [5.41, 5.74) is 6.34. The molecule has 27 heavy (non-hydrogen) atoms. The van der Waals surface area contributed by atoms with Crippen LogP contribution in [-0.4, -0.2) is 24.1 Å². The van der Waals surface area contributed by atoms with Crippen LogP contribution in [0.3, 0.4) is 0 Å². The first-order valence-corrected chi connectivity index (χ1v) is 8.52. The third kappa shape index (κ3) is 6.37. The SMILES string of the molecule is CCOC(=O)C(=NNc1ccc(C)cc1C)C(C)C(=O)c1cc[c-]cc1.[Y]. The van der Waals surface area contributed by atoms with E-state index in [9.17, 15) is 9.59 Å². The molecule has 0 heterocycles. The van der Waals surface area contributed by atoms with Gasteiger partial charge < -0.3 is 4.74 Å². The van der Waals surface area contributed by atoms with Crippen molar-refractivity contribution >= 4 is 23.2 Å². The van der Waals surface area contributed by atoms with E-state index in [-0.39, 0.29) is 50.8 Å². The molecule has 0 aliphatic carbocycles. The Kier molecular flexibility index (Phi) is 9.54. The van der Waals surface area contributed by atoms with Crippen LogP contribution in [0.1, 0.15) is 35.3 Å². The van der Waals surface area contributed by atoms with Crippen molar-refractivity contribution in [2.75, 3.05) is 12.0 Å². The second kappa shape index (κ2) is 11.1. The Morgan fingerprint density at radius 3 is 2.44 bits per heavy atom. The van der Waals surface area contributed by atoms with Crippen molar-refractivity contribution in [1.29, 1.82) is 0 Å². The van der Waals surface area contributed by atoms with Crippen LogP contribution in [0.25, 0.3) is 0 Å². The van der Waals surface area contributed by atoms with Gasteiger partial charge in [0.15, 0.2) is 5.71 Å². The van der Waals surface area contributed by atoms with Crippen LogP contribution in [-0.2, 0) is 42.2 Å². The van der Waals surface area contributed by atoms with E-state index in [0.29, 0.717) is 5.56 Å². The second-order valence-corrected chi connectivity index (χ2v) is 6.02. The summed E-state index contributed by atoms with van der Waals surface area (Å²) in [6.45, 7) is 7.53. The number of carbonyl (C=O) groups excluding carboxylic acids is 2. The van der Waals surface area contributed by atoms with Gasteiger partial charge in [0, 0.05) is 32.7 Å². The first-order valence-electron chi connectivity index (χ1n) is 8.52. The number of carbonyl (C=O) groups is 2. The molecule has 2 aromatic rings. The summed E-state index contributed by atoms with van der Waals surface area (Å²) in [5, 5.41) is 4.21. The van der Waals surface area contributed by atoms with E-state index in [1.54, 1.807) is 38.1 Å². The number of hydrogen-bond acceptors (Lipinski definition) is 5. The molecule has 0 amide bonds. The predicted molar refractivity (Wildman–Crippen MR) is 102 cm³/mol. The normalized spacial score (nSPS) is 11.9. The maximum absolute atomic E-state index is 12.7. The molecule has 139 valence electrons. The van der Waals surface area contributed by atoms with Gasteiger partial charge in [0.25, 0.3) is 0 Å². The van der Waals surface area contributed by atoms with E-state index in [2.05, 4.69) is 16.6 Å². The summed E-state index contributed by atoms with van der Waals surface area (Å²) < 4.78 is 5.08. The molecule has 2 rings (SSSR count). The third-order valence-electron chi connectivity index (χ3n) is 3.97. The van der Waals surface area contributed by atoms with Crippen LogP contribution in [0, 0.1) is 25.8 Å². The number of hydrogen-bond donors (Lipinski definition) is 1. The molecule has 0 bridgehead atoms. The first kappa shape index (κ1) is 23.2. The van der Waals surface area contributed by atoms with Crippen LogP contribution in [0.2, 0.25) is 0 Å². The molecule has 0 aliphatic rings. The molecule has 1 N–H and O–H groups in total. The van der Waals surface area contributed by atoms with Crippen LogP contribution in [0.5, 0.6) is 0 Å². The van der Waals surface area contributed by atoms with Gasteiger partial charge in [-0.05, 0) is 39.3 Å². The maximum atomic E-state index is 12.7. The molecule has 6 heteroatoms. The number of benzene rings is 2. The number of esters is 1. The minimum Gasteiger partial charge on any atom is -0.461 e. The zero-order valence-corrected chi connectivity index (χ0v) is 18.9. The molecule has 0 aromatic heterocycles. The maximum Gasteiger partial charge on any atom is 0.355 e. The van der Waals surface area contributed by atoms with Gasteiger partial charge in [0.1, 0.15) is 5.78 Å². The average molecular weight is 440 g/mol. The van der Waals surface area contributed by atoms with Crippen molar-refractivity contribution in [3.8, 4) is 0 Å². The topological polar surface area (TPSA) is 67.8 Å². The fraction of sp³-hybridized carbons (Fsp3) is 0.286. The van der Waals surface area contributed by atoms with Crippen LogP contribution in [0.4, 0.5) is 5.69 Å². The summed E-state index contributed by atoms with van der Waals surface area (Å²) >= 11 is 0. The average Bonchev–Trinajstić information content (AvgIpc) is 2.63. The quantitative estimate of drug-likeness (QED) is 0.233. The molecular formula is C21H23N2O3Y-. The van der Waals surface area contributed by atoms with Crippen LogP contribution < -0.4 is 5.43 Å². The van der Waals surface area contributed by atoms with E-state index in [4.69, 9.17) is 4.74 Å². The number of nitrogens with one attached hydrogen (secondary N) is 1. The Labute approximate surface area is 185 Å². The van der Waals surface area contributed by atoms with Crippen molar-refractivity contribution in [2.45, 2.75) is 27.7 Å². The van der Waals surface area contributed by atoms with Crippen molar-refractivity contribution in [2.24, 2.45) is 11.0 Å². The summed E-state index contributed by atoms with van der Waals surface area (Å²) in [6, 6.07) is 15.4. The molecule has 0 saturated heterocycles. The predicted octanol–water partition coefficient (Wildman–Crippen LogP) is 3.95. The Hall–Kier alpha value is -1.85. The fourth-order valence-electron chi connectivity index (χ4n) is 2.51. The minimum atomic E-state index is -0.741. The molecule has 0 saturated carbocycles. The van der Waals surface area contributed by atoms with E-state index < -0.39 is 11.9 Å². The molecule has 2 aromatic carbocycles. The van der Waals surface area contributed by atoms with Gasteiger partial charge in [-0.1, -0.05) is 23.3 Å². The molecular weight excluding hydrogens is 417 g/mol. The Morgan fingerprint density at radius 1 is 1.19 bits per heavy atom. The number of ketones is 1. The number of nitrogens with zero attached hydrogens (tertiary/aromatic N) is 1. The number of Topliss-reactive ketones (excluding diaryl/α,β-unsaturated/α-hetero) is 1. The van der Waals surface area contributed by atoms with Gasteiger partial charge in [-0.3, -0.25) is 10.2 Å². The van der Waals surface area contributed by atoms with Gasteiger partial charge in [-0.2, -0.15) is 35.4 Å². The molecule has 0 spiro atoms. The van der Waals surface area contributed by atoms with Gasteiger partial charge in [-0.25, -0.2) is 4.79 Å². The monoisotopic (exact) mass is 440 g/mol. The molecule has 1 unspecified atom stereocenters. The summed E-state index contributed by atoms with van der Waals surface area (Å²) in [4.78, 5) is 25.0. The number of hydrazone groups is 1. The number of ether oxygens (including phenoxy) is 1. The third-order valence-corrected chi connectivity index (χ3v) is 3.97. The standard InChI is InChI=1S/C21H23N2O3.Y/c1-5-26-21(25)19(16(4)20(24)17-9-7-6-8-10-17)23-22-18-12-11-14(2)13-15(18)3;/h7-13,16,22H,5H2,1-4H3;/q-1;. The van der Waals surface area contributed by atoms with E-state index in [1.807, 2.05) is 32.0 Å². The number of aryl methyl sites for hydroxylation is 2. The van der Waals surface area contributed by atoms with Crippen molar-refractivity contribution in [3.05, 3.63) is 65.2 Å². The van der Waals surface area contributed by atoms with Gasteiger partial charge in [0.05, 0.1) is 18.2 Å². The van der Waals surface area contributed by atoms with Gasteiger partial charge in [-0.15, -0.1) is 0 Å². The van der Waals surface area contributed by atoms with Crippen LogP contribution in [0.15, 0.2) is 47.6 Å². The molecule has 1 radical (unpaired) electrons. The molecule has 1 atom stereocenters.